The quantitative estimate of drug-likeness (QED) is 0.791. The van der Waals surface area contributed by atoms with E-state index in [9.17, 15) is 0 Å². The average Bonchev–Trinajstić information content (AvgIpc) is 2.21. The Morgan fingerprint density at radius 2 is 2.00 bits per heavy atom. The Hall–Kier alpha value is 0.310. The van der Waals surface area contributed by atoms with Crippen LogP contribution in [0.2, 0.25) is 0 Å². The van der Waals surface area contributed by atoms with Gasteiger partial charge in [0.15, 0.2) is 0 Å². The van der Waals surface area contributed by atoms with E-state index in [1.54, 1.807) is 0 Å². The summed E-state index contributed by atoms with van der Waals surface area (Å²) in [5.41, 5.74) is 0. The number of nitrogens with one attached hydrogen (secondary N) is 1. The minimum atomic E-state index is 0.725. The van der Waals surface area contributed by atoms with Crippen molar-refractivity contribution in [3.05, 3.63) is 0 Å². The summed E-state index contributed by atoms with van der Waals surface area (Å²) in [7, 11) is 2.12. The van der Waals surface area contributed by atoms with Gasteiger partial charge in [0.2, 0.25) is 0 Å². The summed E-state index contributed by atoms with van der Waals surface area (Å²) in [6.07, 6.45) is 4.06. The minimum Gasteiger partial charge on any atom is -0.316 e. The molecule has 1 fully saturated rings. The van der Waals surface area contributed by atoms with Gasteiger partial charge in [-0.3, -0.25) is 0 Å². The Kier molecular flexibility index (Phi) is 5.48. The van der Waals surface area contributed by atoms with Crippen LogP contribution in [0.1, 0.15) is 47.0 Å². The van der Waals surface area contributed by atoms with Gasteiger partial charge in [-0.2, -0.15) is 11.8 Å². The first-order chi connectivity index (χ1) is 7.08. The van der Waals surface area contributed by atoms with E-state index in [4.69, 9.17) is 0 Å². The van der Waals surface area contributed by atoms with E-state index in [2.05, 4.69) is 51.8 Å². The zero-order valence-electron chi connectivity index (χ0n) is 10.9. The van der Waals surface area contributed by atoms with Crippen LogP contribution in [0.5, 0.6) is 0 Å². The third-order valence-corrected chi connectivity index (χ3v) is 5.63. The molecule has 0 radical (unpaired) electrons. The van der Waals surface area contributed by atoms with Crippen LogP contribution in [0.15, 0.2) is 0 Å². The first-order valence-electron chi connectivity index (χ1n) is 6.41. The molecule has 2 heteroatoms. The second-order valence-electron chi connectivity index (χ2n) is 5.27. The zero-order valence-corrected chi connectivity index (χ0v) is 11.7. The highest BCUT2D eigenvalue weighted by atomic mass is 32.2. The Labute approximate surface area is 99.8 Å². The van der Waals surface area contributed by atoms with Gasteiger partial charge in [0.05, 0.1) is 0 Å². The molecule has 0 aliphatic heterocycles. The maximum atomic E-state index is 3.52. The molecule has 1 aliphatic carbocycles. The van der Waals surface area contributed by atoms with Crippen molar-refractivity contribution in [1.82, 2.24) is 5.32 Å². The molecule has 1 N–H and O–H groups in total. The van der Waals surface area contributed by atoms with E-state index in [1.807, 2.05) is 0 Å². The Bertz CT molecular complexity index is 183. The van der Waals surface area contributed by atoms with Crippen molar-refractivity contribution in [1.29, 1.82) is 0 Å². The molecule has 0 heterocycles. The van der Waals surface area contributed by atoms with E-state index >= 15 is 0 Å². The van der Waals surface area contributed by atoms with Crippen LogP contribution in [0, 0.1) is 11.8 Å². The lowest BCUT2D eigenvalue weighted by Crippen LogP contribution is -2.45. The van der Waals surface area contributed by atoms with Crippen molar-refractivity contribution < 1.29 is 0 Å². The lowest BCUT2D eigenvalue weighted by Gasteiger charge is -2.40. The number of thioether (sulfide) groups is 1. The van der Waals surface area contributed by atoms with Crippen LogP contribution in [0.3, 0.4) is 0 Å². The molecule has 0 amide bonds. The predicted molar refractivity (Wildman–Crippen MR) is 71.5 cm³/mol. The smallest absolute Gasteiger partial charge is 0.0229 e. The van der Waals surface area contributed by atoms with E-state index < -0.39 is 0 Å². The lowest BCUT2D eigenvalue weighted by atomic mass is 9.80. The molecule has 0 aromatic heterocycles. The van der Waals surface area contributed by atoms with E-state index in [0.717, 1.165) is 28.4 Å². The third kappa shape index (κ3) is 3.67. The van der Waals surface area contributed by atoms with Gasteiger partial charge in [0.25, 0.3) is 0 Å². The van der Waals surface area contributed by atoms with Gasteiger partial charge < -0.3 is 5.32 Å². The molecule has 0 aromatic carbocycles. The van der Waals surface area contributed by atoms with E-state index in [1.165, 1.54) is 19.3 Å². The van der Waals surface area contributed by atoms with Crippen LogP contribution in [0.25, 0.3) is 0 Å². The van der Waals surface area contributed by atoms with Crippen molar-refractivity contribution in [2.24, 2.45) is 11.8 Å². The molecule has 15 heavy (non-hydrogen) atoms. The van der Waals surface area contributed by atoms with Gasteiger partial charge in [0.1, 0.15) is 0 Å². The van der Waals surface area contributed by atoms with Crippen LogP contribution in [-0.2, 0) is 0 Å². The summed E-state index contributed by atoms with van der Waals surface area (Å²) in [5, 5.41) is 5.15. The summed E-state index contributed by atoms with van der Waals surface area (Å²) in [4.78, 5) is 0. The molecule has 1 rings (SSSR count). The summed E-state index contributed by atoms with van der Waals surface area (Å²) >= 11 is 2.20. The average molecular weight is 229 g/mol. The Morgan fingerprint density at radius 1 is 1.33 bits per heavy atom. The number of rotatable bonds is 4. The number of hydrogen-bond acceptors (Lipinski definition) is 2. The normalized spacial score (nSPS) is 39.0. The molecule has 1 nitrogen and oxygen atoms in total. The minimum absolute atomic E-state index is 0.725. The van der Waals surface area contributed by atoms with Crippen molar-refractivity contribution in [2.45, 2.75) is 63.5 Å². The van der Waals surface area contributed by atoms with Crippen LogP contribution in [0.4, 0.5) is 0 Å². The molecule has 5 unspecified atom stereocenters. The van der Waals surface area contributed by atoms with Gasteiger partial charge in [-0.25, -0.2) is 0 Å². The van der Waals surface area contributed by atoms with Crippen LogP contribution >= 0.6 is 11.8 Å². The van der Waals surface area contributed by atoms with Gasteiger partial charge in [-0.15, -0.1) is 0 Å². The Balaban J connectivity index is 2.57. The lowest BCUT2D eigenvalue weighted by molar-refractivity contribution is 0.256. The highest BCUT2D eigenvalue weighted by Gasteiger charge is 2.33. The summed E-state index contributed by atoms with van der Waals surface area (Å²) < 4.78 is 0. The summed E-state index contributed by atoms with van der Waals surface area (Å²) in [6.45, 7) is 9.48. The molecule has 0 aromatic rings. The van der Waals surface area contributed by atoms with Crippen molar-refractivity contribution in [3.8, 4) is 0 Å². The molecular formula is C13H27NS. The fourth-order valence-corrected chi connectivity index (χ4v) is 4.25. The van der Waals surface area contributed by atoms with Gasteiger partial charge >= 0.3 is 0 Å². The fraction of sp³-hybridized carbons (Fsp3) is 1.00. The standard InChI is InChI=1S/C13H27NS/c1-6-11(4)15-13-10(3)7-9(2)8-12(13)14-5/h9-14H,6-8H2,1-5H3. The second-order valence-corrected chi connectivity index (χ2v) is 6.89. The zero-order chi connectivity index (χ0) is 11.4. The molecule has 90 valence electrons. The third-order valence-electron chi connectivity index (χ3n) is 3.72. The largest absolute Gasteiger partial charge is 0.316 e. The molecule has 5 atom stereocenters. The molecule has 0 saturated heterocycles. The van der Waals surface area contributed by atoms with Crippen molar-refractivity contribution in [2.75, 3.05) is 7.05 Å². The summed E-state index contributed by atoms with van der Waals surface area (Å²) in [6, 6.07) is 0.725. The SMILES string of the molecule is CCC(C)SC1C(C)CC(C)CC1NC. The topological polar surface area (TPSA) is 12.0 Å². The molecule has 0 bridgehead atoms. The summed E-state index contributed by atoms with van der Waals surface area (Å²) in [5.74, 6) is 1.76. The maximum Gasteiger partial charge on any atom is 0.0229 e. The van der Waals surface area contributed by atoms with Gasteiger partial charge in [-0.1, -0.05) is 27.7 Å². The second kappa shape index (κ2) is 6.15. The van der Waals surface area contributed by atoms with Gasteiger partial charge in [-0.05, 0) is 38.1 Å². The monoisotopic (exact) mass is 229 g/mol. The maximum absolute atomic E-state index is 3.52. The number of hydrogen-bond donors (Lipinski definition) is 1. The van der Waals surface area contributed by atoms with E-state index in [-0.39, 0.29) is 0 Å². The van der Waals surface area contributed by atoms with Crippen LogP contribution in [-0.4, -0.2) is 23.6 Å². The molecule has 1 aliphatic rings. The first kappa shape index (κ1) is 13.4. The van der Waals surface area contributed by atoms with E-state index in [0.29, 0.717) is 0 Å². The Morgan fingerprint density at radius 3 is 2.53 bits per heavy atom. The van der Waals surface area contributed by atoms with Gasteiger partial charge in [0, 0.05) is 16.5 Å². The molecule has 1 saturated carbocycles. The fourth-order valence-electron chi connectivity index (χ4n) is 2.70. The molecule has 0 spiro atoms. The van der Waals surface area contributed by atoms with Crippen molar-refractivity contribution >= 4 is 11.8 Å². The highest BCUT2D eigenvalue weighted by molar-refractivity contribution is 8.00. The highest BCUT2D eigenvalue weighted by Crippen LogP contribution is 2.38. The van der Waals surface area contributed by atoms with Crippen LogP contribution < -0.4 is 5.32 Å². The first-order valence-corrected chi connectivity index (χ1v) is 7.35. The molecular weight excluding hydrogens is 202 g/mol. The van der Waals surface area contributed by atoms with Crippen molar-refractivity contribution in [3.63, 3.8) is 0 Å². The predicted octanol–water partition coefficient (Wildman–Crippen LogP) is 3.54.